The van der Waals surface area contributed by atoms with Crippen LogP contribution in [0.2, 0.25) is 0 Å². The van der Waals surface area contributed by atoms with Crippen LogP contribution in [0.25, 0.3) is 0 Å². The topological polar surface area (TPSA) is 63.4 Å². The number of thiocarbonyl (C=S) groups is 1. The van der Waals surface area contributed by atoms with E-state index in [-0.39, 0.29) is 15.9 Å². The van der Waals surface area contributed by atoms with Crippen molar-refractivity contribution in [3.63, 3.8) is 0 Å². The van der Waals surface area contributed by atoms with E-state index in [2.05, 4.69) is 0 Å². The van der Waals surface area contributed by atoms with Gasteiger partial charge in [0.1, 0.15) is 4.99 Å². The predicted molar refractivity (Wildman–Crippen MR) is 77.0 cm³/mol. The van der Waals surface area contributed by atoms with Crippen LogP contribution in [0.15, 0.2) is 29.2 Å². The molecule has 1 aromatic carbocycles. The number of rotatable bonds is 5. The summed E-state index contributed by atoms with van der Waals surface area (Å²) in [5.74, 6) is 0. The molecule has 1 aromatic rings. The smallest absolute Gasteiger partial charge is 0.243 e. The van der Waals surface area contributed by atoms with Gasteiger partial charge in [0.2, 0.25) is 10.0 Å². The number of sulfonamides is 1. The molecule has 18 heavy (non-hydrogen) atoms. The van der Waals surface area contributed by atoms with Gasteiger partial charge in [0.05, 0.1) is 4.90 Å². The van der Waals surface area contributed by atoms with E-state index in [9.17, 15) is 8.42 Å². The second-order valence-electron chi connectivity index (χ2n) is 4.16. The van der Waals surface area contributed by atoms with Crippen LogP contribution in [0.5, 0.6) is 0 Å². The fraction of sp³-hybridized carbons (Fsp3) is 0.417. The maximum absolute atomic E-state index is 12.5. The third kappa shape index (κ3) is 2.88. The average Bonchev–Trinajstić information content (AvgIpc) is 2.28. The highest BCUT2D eigenvalue weighted by molar-refractivity contribution is 7.89. The van der Waals surface area contributed by atoms with E-state index in [0.29, 0.717) is 12.1 Å². The second kappa shape index (κ2) is 5.77. The normalized spacial score (nSPS) is 12.1. The van der Waals surface area contributed by atoms with Crippen LogP contribution in [-0.4, -0.2) is 30.3 Å². The molecule has 0 bridgehead atoms. The van der Waals surface area contributed by atoms with Crippen LogP contribution in [0.3, 0.4) is 0 Å². The van der Waals surface area contributed by atoms with Crippen LogP contribution < -0.4 is 5.73 Å². The molecule has 0 unspecified atom stereocenters. The Labute approximate surface area is 114 Å². The molecule has 0 aliphatic heterocycles. The van der Waals surface area contributed by atoms with Crippen molar-refractivity contribution in [2.24, 2.45) is 5.73 Å². The molecular formula is C12H18N2O2S2. The molecule has 0 spiro atoms. The molecular weight excluding hydrogens is 268 g/mol. The molecule has 0 saturated carbocycles. The second-order valence-corrected chi connectivity index (χ2v) is 6.46. The van der Waals surface area contributed by atoms with Gasteiger partial charge in [0.15, 0.2) is 0 Å². The van der Waals surface area contributed by atoms with Crippen molar-refractivity contribution in [1.29, 1.82) is 0 Å². The Morgan fingerprint density at radius 2 is 1.94 bits per heavy atom. The van der Waals surface area contributed by atoms with Gasteiger partial charge in [-0.2, -0.15) is 4.31 Å². The Bertz CT molecular complexity index is 539. The van der Waals surface area contributed by atoms with Gasteiger partial charge in [-0.05, 0) is 19.9 Å². The number of benzene rings is 1. The minimum absolute atomic E-state index is 0.0917. The van der Waals surface area contributed by atoms with Crippen molar-refractivity contribution >= 4 is 27.2 Å². The summed E-state index contributed by atoms with van der Waals surface area (Å²) < 4.78 is 26.5. The van der Waals surface area contributed by atoms with Crippen molar-refractivity contribution in [3.05, 3.63) is 29.8 Å². The van der Waals surface area contributed by atoms with E-state index in [1.165, 1.54) is 10.4 Å². The lowest BCUT2D eigenvalue weighted by Crippen LogP contribution is -2.37. The molecule has 1 rings (SSSR count). The van der Waals surface area contributed by atoms with Gasteiger partial charge in [-0.3, -0.25) is 0 Å². The Hall–Kier alpha value is -0.980. The first kappa shape index (κ1) is 15.1. The lowest BCUT2D eigenvalue weighted by molar-refractivity contribution is 0.369. The van der Waals surface area contributed by atoms with Crippen LogP contribution in [-0.2, 0) is 10.0 Å². The summed E-state index contributed by atoms with van der Waals surface area (Å²) in [6, 6.07) is 6.44. The molecule has 6 heteroatoms. The highest BCUT2D eigenvalue weighted by Gasteiger charge is 2.28. The summed E-state index contributed by atoms with van der Waals surface area (Å²) in [6.45, 7) is 5.89. The Balaban J connectivity index is 3.41. The van der Waals surface area contributed by atoms with E-state index in [1.54, 1.807) is 25.1 Å². The predicted octanol–water partition coefficient (Wildman–Crippen LogP) is 1.74. The first-order chi connectivity index (χ1) is 8.32. The van der Waals surface area contributed by atoms with E-state index >= 15 is 0 Å². The molecule has 0 fully saturated rings. The van der Waals surface area contributed by atoms with Crippen molar-refractivity contribution in [2.75, 3.05) is 6.54 Å². The van der Waals surface area contributed by atoms with Crippen molar-refractivity contribution < 1.29 is 8.42 Å². The largest absolute Gasteiger partial charge is 0.389 e. The highest BCUT2D eigenvalue weighted by atomic mass is 32.2. The lowest BCUT2D eigenvalue weighted by atomic mass is 10.2. The van der Waals surface area contributed by atoms with Crippen LogP contribution in [0, 0.1) is 0 Å². The SMILES string of the molecule is CCN(C(C)C)S(=O)(=O)c1ccccc1C(N)=S. The zero-order chi connectivity index (χ0) is 13.9. The summed E-state index contributed by atoms with van der Waals surface area (Å²) in [5, 5.41) is 0. The van der Waals surface area contributed by atoms with Crippen LogP contribution in [0.4, 0.5) is 0 Å². The van der Waals surface area contributed by atoms with E-state index in [4.69, 9.17) is 18.0 Å². The summed E-state index contributed by atoms with van der Waals surface area (Å²) in [5.41, 5.74) is 5.97. The highest BCUT2D eigenvalue weighted by Crippen LogP contribution is 2.21. The number of hydrogen-bond acceptors (Lipinski definition) is 3. The Morgan fingerprint density at radius 3 is 2.39 bits per heavy atom. The molecule has 0 aliphatic rings. The average molecular weight is 286 g/mol. The third-order valence-electron chi connectivity index (χ3n) is 2.63. The fourth-order valence-corrected chi connectivity index (χ4v) is 3.93. The maximum atomic E-state index is 12.5. The first-order valence-electron chi connectivity index (χ1n) is 5.73. The Morgan fingerprint density at radius 1 is 1.39 bits per heavy atom. The van der Waals surface area contributed by atoms with E-state index in [0.717, 1.165) is 0 Å². The van der Waals surface area contributed by atoms with Crippen LogP contribution >= 0.6 is 12.2 Å². The minimum atomic E-state index is -3.56. The maximum Gasteiger partial charge on any atom is 0.243 e. The fourth-order valence-electron chi connectivity index (χ4n) is 1.83. The zero-order valence-corrected chi connectivity index (χ0v) is 12.4. The monoisotopic (exact) mass is 286 g/mol. The van der Waals surface area contributed by atoms with E-state index < -0.39 is 10.0 Å². The van der Waals surface area contributed by atoms with Crippen molar-refractivity contribution in [3.8, 4) is 0 Å². The molecule has 0 amide bonds. The quantitative estimate of drug-likeness (QED) is 0.838. The summed E-state index contributed by atoms with van der Waals surface area (Å²) >= 11 is 4.90. The summed E-state index contributed by atoms with van der Waals surface area (Å²) in [7, 11) is -3.56. The van der Waals surface area contributed by atoms with Gasteiger partial charge in [-0.15, -0.1) is 0 Å². The first-order valence-corrected chi connectivity index (χ1v) is 7.57. The molecule has 0 atom stereocenters. The number of nitrogens with two attached hydrogens (primary N) is 1. The summed E-state index contributed by atoms with van der Waals surface area (Å²) in [6.07, 6.45) is 0. The van der Waals surface area contributed by atoms with Gasteiger partial charge in [-0.25, -0.2) is 8.42 Å². The number of hydrogen-bond donors (Lipinski definition) is 1. The molecule has 4 nitrogen and oxygen atoms in total. The minimum Gasteiger partial charge on any atom is -0.389 e. The van der Waals surface area contributed by atoms with Crippen molar-refractivity contribution in [2.45, 2.75) is 31.7 Å². The molecule has 2 N–H and O–H groups in total. The molecule has 0 radical (unpaired) electrons. The molecule has 0 aromatic heterocycles. The van der Waals surface area contributed by atoms with Gasteiger partial charge in [-0.1, -0.05) is 37.3 Å². The van der Waals surface area contributed by atoms with Gasteiger partial charge < -0.3 is 5.73 Å². The lowest BCUT2D eigenvalue weighted by Gasteiger charge is -2.25. The third-order valence-corrected chi connectivity index (χ3v) is 5.06. The molecule has 100 valence electrons. The molecule has 0 heterocycles. The van der Waals surface area contributed by atoms with Gasteiger partial charge >= 0.3 is 0 Å². The van der Waals surface area contributed by atoms with Crippen LogP contribution in [0.1, 0.15) is 26.3 Å². The molecule has 0 saturated heterocycles. The standard InChI is InChI=1S/C12H18N2O2S2/c1-4-14(9(2)3)18(15,16)11-8-6-5-7-10(11)12(13)17/h5-9H,4H2,1-3H3,(H2,13,17). The molecule has 0 aliphatic carbocycles. The summed E-state index contributed by atoms with van der Waals surface area (Å²) in [4.78, 5) is 0.266. The number of nitrogens with zero attached hydrogens (tertiary/aromatic N) is 1. The van der Waals surface area contributed by atoms with Gasteiger partial charge in [0.25, 0.3) is 0 Å². The van der Waals surface area contributed by atoms with Crippen molar-refractivity contribution in [1.82, 2.24) is 4.31 Å². The van der Waals surface area contributed by atoms with E-state index in [1.807, 2.05) is 13.8 Å². The Kier molecular flexibility index (Phi) is 4.84. The zero-order valence-electron chi connectivity index (χ0n) is 10.8. The van der Waals surface area contributed by atoms with Gasteiger partial charge in [0, 0.05) is 18.2 Å².